The average Bonchev–Trinajstić information content (AvgIpc) is 2.17. The van der Waals surface area contributed by atoms with Gasteiger partial charge in [0.2, 0.25) is 0 Å². The number of benzene rings is 1. The molecule has 0 heterocycles. The van der Waals surface area contributed by atoms with Gasteiger partial charge < -0.3 is 0 Å². The Bertz CT molecular complexity index is 296. The molecule has 0 amide bonds. The van der Waals surface area contributed by atoms with E-state index in [1.807, 2.05) is 13.0 Å². The van der Waals surface area contributed by atoms with Crippen molar-refractivity contribution in [2.24, 2.45) is 0 Å². The van der Waals surface area contributed by atoms with Gasteiger partial charge in [0.1, 0.15) is 0 Å². The van der Waals surface area contributed by atoms with Crippen LogP contribution in [0.3, 0.4) is 0 Å². The van der Waals surface area contributed by atoms with E-state index >= 15 is 0 Å². The van der Waals surface area contributed by atoms with E-state index in [0.29, 0.717) is 0 Å². The van der Waals surface area contributed by atoms with Gasteiger partial charge in [-0.2, -0.15) is 0 Å². The van der Waals surface area contributed by atoms with Gasteiger partial charge in [0.05, 0.1) is 0 Å². The van der Waals surface area contributed by atoms with Crippen molar-refractivity contribution in [1.82, 2.24) is 0 Å². The summed E-state index contributed by atoms with van der Waals surface area (Å²) >= 11 is 2.34. The van der Waals surface area contributed by atoms with Crippen molar-refractivity contribution in [3.63, 3.8) is 0 Å². The lowest BCUT2D eigenvalue weighted by Crippen LogP contribution is -1.78. The largest absolute Gasteiger partial charge is 0.0866 e. The third-order valence-electron chi connectivity index (χ3n) is 1.70. The van der Waals surface area contributed by atoms with E-state index < -0.39 is 0 Å². The Kier molecular flexibility index (Phi) is 4.83. The van der Waals surface area contributed by atoms with Gasteiger partial charge in [-0.15, -0.1) is 0 Å². The van der Waals surface area contributed by atoms with E-state index in [0.717, 1.165) is 6.42 Å². The van der Waals surface area contributed by atoms with Crippen molar-refractivity contribution >= 4 is 22.6 Å². The highest BCUT2D eigenvalue weighted by atomic mass is 127. The van der Waals surface area contributed by atoms with Gasteiger partial charge in [0.15, 0.2) is 0 Å². The highest BCUT2D eigenvalue weighted by Gasteiger charge is 1.87. The first-order valence-corrected chi connectivity index (χ1v) is 5.43. The van der Waals surface area contributed by atoms with Gasteiger partial charge in [0, 0.05) is 3.58 Å². The Morgan fingerprint density at radius 2 is 2.00 bits per heavy atom. The molecule has 13 heavy (non-hydrogen) atoms. The summed E-state index contributed by atoms with van der Waals surface area (Å²) in [5.41, 5.74) is 1.36. The molecule has 1 aromatic carbocycles. The summed E-state index contributed by atoms with van der Waals surface area (Å²) < 4.78 is 1.30. The van der Waals surface area contributed by atoms with Crippen LogP contribution in [0.1, 0.15) is 12.5 Å². The summed E-state index contributed by atoms with van der Waals surface area (Å²) in [4.78, 5) is 0. The molecule has 1 rings (SSSR count). The van der Waals surface area contributed by atoms with Gasteiger partial charge in [-0.3, -0.25) is 0 Å². The molecule has 0 N–H and O–H groups in total. The molecule has 68 valence electrons. The van der Waals surface area contributed by atoms with Crippen LogP contribution in [0.2, 0.25) is 0 Å². The fourth-order valence-corrected chi connectivity index (χ4v) is 1.64. The Morgan fingerprint density at radius 3 is 2.62 bits per heavy atom. The van der Waals surface area contributed by atoms with Crippen molar-refractivity contribution in [2.75, 3.05) is 0 Å². The van der Waals surface area contributed by atoms with Crippen LogP contribution in [-0.2, 0) is 6.42 Å². The quantitative estimate of drug-likeness (QED) is 0.578. The van der Waals surface area contributed by atoms with Crippen LogP contribution in [0.25, 0.3) is 0 Å². The minimum absolute atomic E-state index is 1.02. The lowest BCUT2D eigenvalue weighted by Gasteiger charge is -1.94. The predicted molar refractivity (Wildman–Crippen MR) is 67.1 cm³/mol. The summed E-state index contributed by atoms with van der Waals surface area (Å²) in [5.74, 6) is 0. The second kappa shape index (κ2) is 5.97. The molecule has 0 atom stereocenters. The van der Waals surface area contributed by atoms with Crippen LogP contribution >= 0.6 is 22.6 Å². The Morgan fingerprint density at radius 1 is 1.31 bits per heavy atom. The zero-order valence-corrected chi connectivity index (χ0v) is 9.86. The molecule has 0 nitrogen and oxygen atoms in total. The molecule has 0 radical (unpaired) electrons. The van der Waals surface area contributed by atoms with Gasteiger partial charge in [-0.1, -0.05) is 48.6 Å². The summed E-state index contributed by atoms with van der Waals surface area (Å²) in [6.45, 7) is 2.04. The van der Waals surface area contributed by atoms with Crippen LogP contribution in [0.4, 0.5) is 0 Å². The van der Waals surface area contributed by atoms with Crippen molar-refractivity contribution in [2.45, 2.75) is 13.3 Å². The fraction of sp³-hybridized carbons (Fsp3) is 0.167. The Labute approximate surface area is 93.5 Å². The molecule has 0 saturated heterocycles. The lowest BCUT2D eigenvalue weighted by atomic mass is 10.1. The lowest BCUT2D eigenvalue weighted by molar-refractivity contribution is 1.27. The smallest absolute Gasteiger partial charge is 0.00900 e. The van der Waals surface area contributed by atoms with Crippen LogP contribution < -0.4 is 0 Å². The van der Waals surface area contributed by atoms with Crippen LogP contribution in [-0.4, -0.2) is 0 Å². The van der Waals surface area contributed by atoms with E-state index in [4.69, 9.17) is 0 Å². The monoisotopic (exact) mass is 284 g/mol. The number of allylic oxidation sites excluding steroid dienone is 4. The first-order valence-electron chi connectivity index (χ1n) is 4.35. The van der Waals surface area contributed by atoms with E-state index in [2.05, 4.69) is 65.1 Å². The maximum Gasteiger partial charge on any atom is 0.00900 e. The minimum Gasteiger partial charge on any atom is -0.0866 e. The zero-order chi connectivity index (χ0) is 9.52. The Hall–Kier alpha value is -0.570. The maximum atomic E-state index is 2.34. The number of hydrogen-bond donors (Lipinski definition) is 0. The van der Waals surface area contributed by atoms with Gasteiger partial charge in [-0.25, -0.2) is 0 Å². The molecule has 0 aliphatic heterocycles. The van der Waals surface area contributed by atoms with Crippen molar-refractivity contribution in [1.29, 1.82) is 0 Å². The van der Waals surface area contributed by atoms with Crippen LogP contribution in [0, 0.1) is 0 Å². The summed E-state index contributed by atoms with van der Waals surface area (Å²) in [5, 5.41) is 0. The number of hydrogen-bond acceptors (Lipinski definition) is 0. The van der Waals surface area contributed by atoms with Gasteiger partial charge in [-0.05, 0) is 41.5 Å². The summed E-state index contributed by atoms with van der Waals surface area (Å²) in [6, 6.07) is 10.5. The topological polar surface area (TPSA) is 0 Å². The molecule has 1 heteroatoms. The molecule has 0 unspecified atom stereocenters. The summed E-state index contributed by atoms with van der Waals surface area (Å²) in [7, 11) is 0. The standard InChI is InChI=1S/C12H13I/c1-2-6-12(13)10-9-11-7-4-3-5-8-11/h2-8,10H,9H2,1H3/b6-2-,12-10+. The highest BCUT2D eigenvalue weighted by Crippen LogP contribution is 2.10. The van der Waals surface area contributed by atoms with Crippen molar-refractivity contribution in [3.8, 4) is 0 Å². The molecule has 0 bridgehead atoms. The third-order valence-corrected chi connectivity index (χ3v) is 2.50. The predicted octanol–water partition coefficient (Wildman–Crippen LogP) is 4.12. The Balaban J connectivity index is 2.56. The van der Waals surface area contributed by atoms with E-state index in [1.54, 1.807) is 0 Å². The minimum atomic E-state index is 1.02. The summed E-state index contributed by atoms with van der Waals surface area (Å²) in [6.07, 6.45) is 7.42. The molecule has 0 aromatic heterocycles. The molecule has 0 saturated carbocycles. The van der Waals surface area contributed by atoms with Crippen LogP contribution in [0.15, 0.2) is 52.1 Å². The molecular weight excluding hydrogens is 271 g/mol. The van der Waals surface area contributed by atoms with Crippen molar-refractivity contribution in [3.05, 3.63) is 57.7 Å². The van der Waals surface area contributed by atoms with E-state index in [-0.39, 0.29) is 0 Å². The number of rotatable bonds is 3. The first-order chi connectivity index (χ1) is 6.33. The van der Waals surface area contributed by atoms with Crippen molar-refractivity contribution < 1.29 is 0 Å². The normalized spacial score (nSPS) is 12.3. The van der Waals surface area contributed by atoms with E-state index in [9.17, 15) is 0 Å². The molecule has 1 aromatic rings. The second-order valence-electron chi connectivity index (χ2n) is 2.78. The molecule has 0 fully saturated rings. The average molecular weight is 284 g/mol. The molecule has 0 spiro atoms. The second-order valence-corrected chi connectivity index (χ2v) is 4.02. The molecular formula is C12H13I. The van der Waals surface area contributed by atoms with Gasteiger partial charge in [0.25, 0.3) is 0 Å². The maximum absolute atomic E-state index is 2.34. The molecule has 0 aliphatic carbocycles. The number of halogens is 1. The SMILES string of the molecule is C/C=C\C(I)=C/Cc1ccccc1. The first kappa shape index (κ1) is 10.5. The van der Waals surface area contributed by atoms with Crippen LogP contribution in [0.5, 0.6) is 0 Å². The van der Waals surface area contributed by atoms with Gasteiger partial charge >= 0.3 is 0 Å². The fourth-order valence-electron chi connectivity index (χ4n) is 1.06. The molecule has 0 aliphatic rings. The zero-order valence-electron chi connectivity index (χ0n) is 7.70. The van der Waals surface area contributed by atoms with E-state index in [1.165, 1.54) is 9.14 Å². The highest BCUT2D eigenvalue weighted by molar-refractivity contribution is 14.1. The third kappa shape index (κ3) is 4.27.